The van der Waals surface area contributed by atoms with Gasteiger partial charge in [0.05, 0.1) is 11.9 Å². The van der Waals surface area contributed by atoms with Crippen LogP contribution in [0, 0.1) is 0 Å². The minimum absolute atomic E-state index is 0.0533. The minimum atomic E-state index is -0.0533. The van der Waals surface area contributed by atoms with Crippen molar-refractivity contribution < 1.29 is 4.74 Å². The average Bonchev–Trinajstić information content (AvgIpc) is 2.39. The van der Waals surface area contributed by atoms with Gasteiger partial charge in [0.25, 0.3) is 0 Å². The van der Waals surface area contributed by atoms with E-state index in [0.717, 1.165) is 23.6 Å². The quantitative estimate of drug-likeness (QED) is 0.893. The first-order chi connectivity index (χ1) is 8.69. The number of aromatic nitrogens is 1. The van der Waals surface area contributed by atoms with Crippen LogP contribution in [0.5, 0.6) is 11.5 Å². The molecule has 1 aromatic heterocycles. The van der Waals surface area contributed by atoms with E-state index in [1.165, 1.54) is 5.56 Å². The lowest BCUT2D eigenvalue weighted by atomic mass is 10.2. The molecule has 0 bridgehead atoms. The Labute approximate surface area is 108 Å². The predicted octanol–water partition coefficient (Wildman–Crippen LogP) is 3.46. The highest BCUT2D eigenvalue weighted by atomic mass is 16.5. The molecule has 1 heterocycles. The molecule has 0 radical (unpaired) electrons. The highest BCUT2D eigenvalue weighted by Gasteiger charge is 2.02. The monoisotopic (exact) mass is 242 g/mol. The average molecular weight is 242 g/mol. The van der Waals surface area contributed by atoms with Gasteiger partial charge in [-0.25, -0.2) is 0 Å². The van der Waals surface area contributed by atoms with Gasteiger partial charge in [-0.15, -0.1) is 0 Å². The van der Waals surface area contributed by atoms with E-state index in [1.54, 1.807) is 6.20 Å². The van der Waals surface area contributed by atoms with E-state index in [0.29, 0.717) is 0 Å². The van der Waals surface area contributed by atoms with Gasteiger partial charge in [-0.05, 0) is 43.2 Å². The Morgan fingerprint density at radius 2 is 2.06 bits per heavy atom. The van der Waals surface area contributed by atoms with E-state index in [4.69, 9.17) is 10.5 Å². The first-order valence-electron chi connectivity index (χ1n) is 6.17. The fraction of sp³-hybridized carbons (Fsp3) is 0.267. The first kappa shape index (κ1) is 12.6. The van der Waals surface area contributed by atoms with Crippen LogP contribution in [-0.2, 0) is 6.42 Å². The lowest BCUT2D eigenvalue weighted by Gasteiger charge is -2.08. The number of nitrogens with two attached hydrogens (primary N) is 1. The van der Waals surface area contributed by atoms with Gasteiger partial charge in [-0.2, -0.15) is 0 Å². The van der Waals surface area contributed by atoms with Crippen molar-refractivity contribution in [3.8, 4) is 11.5 Å². The molecular weight excluding hydrogens is 224 g/mol. The largest absolute Gasteiger partial charge is 0.456 e. The van der Waals surface area contributed by atoms with Gasteiger partial charge < -0.3 is 10.5 Å². The Morgan fingerprint density at radius 1 is 1.22 bits per heavy atom. The molecule has 0 aliphatic rings. The third-order valence-corrected chi connectivity index (χ3v) is 2.77. The van der Waals surface area contributed by atoms with Crippen LogP contribution >= 0.6 is 0 Å². The number of nitrogens with zero attached hydrogens (tertiary/aromatic N) is 1. The van der Waals surface area contributed by atoms with Crippen LogP contribution in [-0.4, -0.2) is 4.98 Å². The smallest absolute Gasteiger partial charge is 0.145 e. The van der Waals surface area contributed by atoms with Crippen molar-refractivity contribution >= 4 is 0 Å². The molecule has 0 aliphatic heterocycles. The molecule has 2 N–H and O–H groups in total. The fourth-order valence-electron chi connectivity index (χ4n) is 1.69. The van der Waals surface area contributed by atoms with Crippen molar-refractivity contribution in [2.45, 2.75) is 26.3 Å². The van der Waals surface area contributed by atoms with Crippen molar-refractivity contribution in [1.82, 2.24) is 4.98 Å². The van der Waals surface area contributed by atoms with Crippen LogP contribution in [0.1, 0.15) is 31.1 Å². The van der Waals surface area contributed by atoms with Crippen LogP contribution in [0.2, 0.25) is 0 Å². The number of pyridine rings is 1. The van der Waals surface area contributed by atoms with E-state index < -0.39 is 0 Å². The molecule has 2 rings (SSSR count). The Hall–Kier alpha value is -1.87. The molecule has 1 aromatic carbocycles. The molecular formula is C15H18N2O. The van der Waals surface area contributed by atoms with Gasteiger partial charge in [0, 0.05) is 6.04 Å². The minimum Gasteiger partial charge on any atom is -0.456 e. The van der Waals surface area contributed by atoms with Gasteiger partial charge in [-0.1, -0.05) is 19.1 Å². The Kier molecular flexibility index (Phi) is 3.95. The van der Waals surface area contributed by atoms with Gasteiger partial charge in [0.1, 0.15) is 11.5 Å². The standard InChI is InChI=1S/C15H18N2O/c1-3-12-5-4-6-13(9-12)18-14-7-8-15(11(2)16)17-10-14/h4-11H,3,16H2,1-2H3. The number of ether oxygens (including phenoxy) is 1. The summed E-state index contributed by atoms with van der Waals surface area (Å²) in [5.74, 6) is 1.57. The van der Waals surface area contributed by atoms with Gasteiger partial charge >= 0.3 is 0 Å². The predicted molar refractivity (Wildman–Crippen MR) is 72.7 cm³/mol. The second-order valence-corrected chi connectivity index (χ2v) is 4.31. The topological polar surface area (TPSA) is 48.1 Å². The lowest BCUT2D eigenvalue weighted by molar-refractivity contribution is 0.478. The van der Waals surface area contributed by atoms with Crippen molar-refractivity contribution in [2.75, 3.05) is 0 Å². The van der Waals surface area contributed by atoms with Crippen LogP contribution < -0.4 is 10.5 Å². The van der Waals surface area contributed by atoms with Crippen LogP contribution in [0.25, 0.3) is 0 Å². The summed E-state index contributed by atoms with van der Waals surface area (Å²) in [7, 11) is 0. The molecule has 0 saturated carbocycles. The van der Waals surface area contributed by atoms with Crippen molar-refractivity contribution in [2.24, 2.45) is 5.73 Å². The normalized spacial score (nSPS) is 12.2. The van der Waals surface area contributed by atoms with Crippen molar-refractivity contribution in [3.63, 3.8) is 0 Å². The molecule has 0 amide bonds. The number of hydrogen-bond donors (Lipinski definition) is 1. The van der Waals surface area contributed by atoms with Crippen molar-refractivity contribution in [1.29, 1.82) is 0 Å². The van der Waals surface area contributed by atoms with Crippen LogP contribution in [0.4, 0.5) is 0 Å². The van der Waals surface area contributed by atoms with E-state index in [9.17, 15) is 0 Å². The second-order valence-electron chi connectivity index (χ2n) is 4.31. The highest BCUT2D eigenvalue weighted by Crippen LogP contribution is 2.22. The molecule has 1 unspecified atom stereocenters. The summed E-state index contributed by atoms with van der Waals surface area (Å²) in [5, 5.41) is 0. The Balaban J connectivity index is 2.13. The third-order valence-electron chi connectivity index (χ3n) is 2.77. The summed E-state index contributed by atoms with van der Waals surface area (Å²) >= 11 is 0. The van der Waals surface area contributed by atoms with Gasteiger partial charge in [-0.3, -0.25) is 4.98 Å². The van der Waals surface area contributed by atoms with E-state index in [1.807, 2.05) is 37.3 Å². The zero-order valence-corrected chi connectivity index (χ0v) is 10.8. The molecule has 2 aromatic rings. The van der Waals surface area contributed by atoms with Gasteiger partial charge in [0.2, 0.25) is 0 Å². The summed E-state index contributed by atoms with van der Waals surface area (Å²) < 4.78 is 5.75. The zero-order chi connectivity index (χ0) is 13.0. The molecule has 0 aliphatic carbocycles. The van der Waals surface area contributed by atoms with E-state index in [2.05, 4.69) is 18.0 Å². The maximum absolute atomic E-state index is 5.75. The first-order valence-corrected chi connectivity index (χ1v) is 6.17. The molecule has 3 heteroatoms. The fourth-order valence-corrected chi connectivity index (χ4v) is 1.69. The summed E-state index contributed by atoms with van der Waals surface area (Å²) in [4.78, 5) is 4.27. The number of aryl methyl sites for hydroxylation is 1. The summed E-state index contributed by atoms with van der Waals surface area (Å²) in [6.07, 6.45) is 2.70. The third kappa shape index (κ3) is 3.08. The summed E-state index contributed by atoms with van der Waals surface area (Å²) in [5.41, 5.74) is 7.87. The van der Waals surface area contributed by atoms with Crippen LogP contribution in [0.15, 0.2) is 42.6 Å². The summed E-state index contributed by atoms with van der Waals surface area (Å²) in [6, 6.07) is 11.8. The van der Waals surface area contributed by atoms with Gasteiger partial charge in [0.15, 0.2) is 0 Å². The number of rotatable bonds is 4. The lowest BCUT2D eigenvalue weighted by Crippen LogP contribution is -2.06. The summed E-state index contributed by atoms with van der Waals surface area (Å²) in [6.45, 7) is 4.03. The maximum Gasteiger partial charge on any atom is 0.145 e. The Morgan fingerprint density at radius 3 is 2.67 bits per heavy atom. The van der Waals surface area contributed by atoms with E-state index in [-0.39, 0.29) is 6.04 Å². The SMILES string of the molecule is CCc1cccc(Oc2ccc(C(C)N)nc2)c1. The molecule has 0 spiro atoms. The molecule has 94 valence electrons. The van der Waals surface area contributed by atoms with E-state index >= 15 is 0 Å². The maximum atomic E-state index is 5.75. The second kappa shape index (κ2) is 5.65. The molecule has 0 fully saturated rings. The number of hydrogen-bond acceptors (Lipinski definition) is 3. The highest BCUT2D eigenvalue weighted by molar-refractivity contribution is 5.33. The Bertz CT molecular complexity index is 506. The zero-order valence-electron chi connectivity index (χ0n) is 10.8. The molecule has 0 saturated heterocycles. The molecule has 3 nitrogen and oxygen atoms in total. The molecule has 18 heavy (non-hydrogen) atoms. The van der Waals surface area contributed by atoms with Crippen LogP contribution in [0.3, 0.4) is 0 Å². The number of benzene rings is 1. The molecule has 1 atom stereocenters. The van der Waals surface area contributed by atoms with Crippen molar-refractivity contribution in [3.05, 3.63) is 53.9 Å².